The number of ether oxygens (including phenoxy) is 3. The van der Waals surface area contributed by atoms with Gasteiger partial charge in [0.2, 0.25) is 5.78 Å². The van der Waals surface area contributed by atoms with Crippen molar-refractivity contribution < 1.29 is 19.0 Å². The van der Waals surface area contributed by atoms with E-state index in [2.05, 4.69) is 0 Å². The Bertz CT molecular complexity index is 518. The maximum absolute atomic E-state index is 12.3. The van der Waals surface area contributed by atoms with Gasteiger partial charge < -0.3 is 14.2 Å². The average Bonchev–Trinajstić information content (AvgIpc) is 2.70. The van der Waals surface area contributed by atoms with Crippen molar-refractivity contribution >= 4 is 11.9 Å². The van der Waals surface area contributed by atoms with E-state index in [9.17, 15) is 4.79 Å². The zero-order valence-electron chi connectivity index (χ0n) is 11.0. The molecule has 0 bridgehead atoms. The molecule has 2 fully saturated rings. The highest BCUT2D eigenvalue weighted by molar-refractivity contribution is 6.01. The average molecular weight is 260 g/mol. The maximum atomic E-state index is 12.3. The second-order valence-corrected chi connectivity index (χ2v) is 5.19. The summed E-state index contributed by atoms with van der Waals surface area (Å²) in [6.45, 7) is 3.96. The Labute approximate surface area is 112 Å². The molecule has 0 spiro atoms. The van der Waals surface area contributed by atoms with E-state index < -0.39 is 11.9 Å². The first-order valence-electron chi connectivity index (χ1n) is 6.34. The summed E-state index contributed by atoms with van der Waals surface area (Å²) in [7, 11) is 0. The number of hydrogen-bond donors (Lipinski definition) is 0. The molecule has 1 aromatic carbocycles. The van der Waals surface area contributed by atoms with E-state index in [0.29, 0.717) is 12.4 Å². The molecule has 0 radical (unpaired) electrons. The van der Waals surface area contributed by atoms with Crippen molar-refractivity contribution in [3.63, 3.8) is 0 Å². The van der Waals surface area contributed by atoms with Crippen LogP contribution in [0.15, 0.2) is 36.1 Å². The number of Topliss-reactive ketones (excluding diaryl/α,β-unsaturated/α-hetero) is 1. The summed E-state index contributed by atoms with van der Waals surface area (Å²) in [4.78, 5) is 12.3. The quantitative estimate of drug-likeness (QED) is 0.726. The van der Waals surface area contributed by atoms with Gasteiger partial charge >= 0.3 is 0 Å². The Kier molecular flexibility index (Phi) is 2.92. The molecule has 2 aliphatic heterocycles. The van der Waals surface area contributed by atoms with Crippen LogP contribution < -0.4 is 0 Å². The Morgan fingerprint density at radius 1 is 1.21 bits per heavy atom. The molecule has 2 aliphatic rings. The van der Waals surface area contributed by atoms with E-state index in [0.717, 1.165) is 5.56 Å². The Hall–Kier alpha value is -1.65. The second-order valence-electron chi connectivity index (χ2n) is 5.19. The fourth-order valence-electron chi connectivity index (χ4n) is 2.38. The fraction of sp³-hybridized carbons (Fsp3) is 0.400. The van der Waals surface area contributed by atoms with Gasteiger partial charge in [-0.1, -0.05) is 30.3 Å². The van der Waals surface area contributed by atoms with Crippen molar-refractivity contribution in [1.29, 1.82) is 0 Å². The second kappa shape index (κ2) is 4.47. The van der Waals surface area contributed by atoms with Gasteiger partial charge in [0.1, 0.15) is 12.7 Å². The predicted molar refractivity (Wildman–Crippen MR) is 69.2 cm³/mol. The minimum Gasteiger partial charge on any atom is -0.487 e. The maximum Gasteiger partial charge on any atom is 0.228 e. The van der Waals surface area contributed by atoms with Crippen LogP contribution in [0.5, 0.6) is 0 Å². The lowest BCUT2D eigenvalue weighted by atomic mass is 10.0. The molecule has 4 nitrogen and oxygen atoms in total. The topological polar surface area (TPSA) is 44.8 Å². The molecule has 4 heteroatoms. The standard InChI is InChI=1S/C15H16O4/c1-15(2)18-12-9-17-11(13(16)14(12)19-15)8-10-6-4-3-5-7-10/h3-8,12,14H,9H2,1-2H3/b11-8-/t12-,14-/m1/s1. The highest BCUT2D eigenvalue weighted by atomic mass is 16.8. The highest BCUT2D eigenvalue weighted by Crippen LogP contribution is 2.33. The number of carbonyl (C=O) groups is 1. The summed E-state index contributed by atoms with van der Waals surface area (Å²) < 4.78 is 16.8. The van der Waals surface area contributed by atoms with Crippen molar-refractivity contribution in [2.75, 3.05) is 6.61 Å². The summed E-state index contributed by atoms with van der Waals surface area (Å²) in [5.41, 5.74) is 0.933. The van der Waals surface area contributed by atoms with Crippen LogP contribution in [0.2, 0.25) is 0 Å². The summed E-state index contributed by atoms with van der Waals surface area (Å²) in [6.07, 6.45) is 0.877. The minimum atomic E-state index is -0.726. The lowest BCUT2D eigenvalue weighted by Gasteiger charge is -2.23. The molecule has 19 heavy (non-hydrogen) atoms. The molecule has 2 atom stereocenters. The van der Waals surface area contributed by atoms with Crippen LogP contribution in [0.3, 0.4) is 0 Å². The number of fused-ring (bicyclic) bond motifs is 1. The van der Waals surface area contributed by atoms with Crippen LogP contribution in [0.4, 0.5) is 0 Å². The number of hydrogen-bond acceptors (Lipinski definition) is 4. The predicted octanol–water partition coefficient (Wildman–Crippen LogP) is 2.15. The minimum absolute atomic E-state index is 0.148. The van der Waals surface area contributed by atoms with Gasteiger partial charge in [0.25, 0.3) is 0 Å². The fourth-order valence-corrected chi connectivity index (χ4v) is 2.38. The highest BCUT2D eigenvalue weighted by Gasteiger charge is 2.49. The molecule has 3 rings (SSSR count). The van der Waals surface area contributed by atoms with E-state index in [4.69, 9.17) is 14.2 Å². The Morgan fingerprint density at radius 3 is 2.68 bits per heavy atom. The molecular weight excluding hydrogens is 244 g/mol. The number of rotatable bonds is 1. The smallest absolute Gasteiger partial charge is 0.228 e. The van der Waals surface area contributed by atoms with Gasteiger partial charge in [-0.2, -0.15) is 0 Å². The van der Waals surface area contributed by atoms with Crippen LogP contribution in [-0.2, 0) is 19.0 Å². The third-order valence-corrected chi connectivity index (χ3v) is 3.19. The molecule has 2 saturated heterocycles. The van der Waals surface area contributed by atoms with Gasteiger partial charge in [-0.05, 0) is 25.5 Å². The van der Waals surface area contributed by atoms with Crippen molar-refractivity contribution in [3.05, 3.63) is 41.7 Å². The number of ketones is 1. The summed E-state index contributed by atoms with van der Waals surface area (Å²) in [6, 6.07) is 9.61. The molecule has 0 aliphatic carbocycles. The normalized spacial score (nSPS) is 31.1. The molecule has 100 valence electrons. The van der Waals surface area contributed by atoms with Crippen LogP contribution in [0, 0.1) is 0 Å². The van der Waals surface area contributed by atoms with Gasteiger partial charge in [0, 0.05) is 0 Å². The lowest BCUT2D eigenvalue weighted by molar-refractivity contribution is -0.151. The molecule has 2 heterocycles. The van der Waals surface area contributed by atoms with Crippen molar-refractivity contribution in [2.45, 2.75) is 31.8 Å². The third-order valence-electron chi connectivity index (χ3n) is 3.19. The SMILES string of the molecule is CC1(C)O[C@@H]2CO/C(=C\c3ccccc3)C(=O)[C@@H]2O1. The van der Waals surface area contributed by atoms with E-state index in [-0.39, 0.29) is 11.9 Å². The van der Waals surface area contributed by atoms with E-state index in [1.54, 1.807) is 19.9 Å². The van der Waals surface area contributed by atoms with Gasteiger partial charge in [0.05, 0.1) is 0 Å². The van der Waals surface area contributed by atoms with Gasteiger partial charge in [-0.3, -0.25) is 4.79 Å². The first-order chi connectivity index (χ1) is 9.05. The first-order valence-corrected chi connectivity index (χ1v) is 6.34. The van der Waals surface area contributed by atoms with E-state index >= 15 is 0 Å². The monoisotopic (exact) mass is 260 g/mol. The van der Waals surface area contributed by atoms with Crippen molar-refractivity contribution in [2.24, 2.45) is 0 Å². The number of benzene rings is 1. The first kappa shape index (κ1) is 12.4. The Morgan fingerprint density at radius 2 is 1.95 bits per heavy atom. The molecule has 0 saturated carbocycles. The zero-order valence-corrected chi connectivity index (χ0v) is 11.0. The number of carbonyl (C=O) groups excluding carboxylic acids is 1. The molecule has 0 N–H and O–H groups in total. The van der Waals surface area contributed by atoms with E-state index in [1.165, 1.54) is 0 Å². The largest absolute Gasteiger partial charge is 0.487 e. The van der Waals surface area contributed by atoms with E-state index in [1.807, 2.05) is 30.3 Å². The van der Waals surface area contributed by atoms with Crippen LogP contribution in [0.25, 0.3) is 6.08 Å². The molecule has 0 amide bonds. The van der Waals surface area contributed by atoms with Gasteiger partial charge in [0.15, 0.2) is 17.7 Å². The van der Waals surface area contributed by atoms with Crippen molar-refractivity contribution in [1.82, 2.24) is 0 Å². The van der Waals surface area contributed by atoms with Crippen molar-refractivity contribution in [3.8, 4) is 0 Å². The van der Waals surface area contributed by atoms with Gasteiger partial charge in [-0.25, -0.2) is 0 Å². The Balaban J connectivity index is 1.84. The summed E-state index contributed by atoms with van der Waals surface area (Å²) in [5.74, 6) is -0.532. The molecular formula is C15H16O4. The molecule has 0 unspecified atom stereocenters. The lowest BCUT2D eigenvalue weighted by Crippen LogP contribution is -2.41. The molecule has 0 aromatic heterocycles. The zero-order chi connectivity index (χ0) is 13.5. The van der Waals surface area contributed by atoms with Crippen LogP contribution in [0.1, 0.15) is 19.4 Å². The molecule has 1 aromatic rings. The summed E-state index contributed by atoms with van der Waals surface area (Å²) >= 11 is 0. The van der Waals surface area contributed by atoms with Crippen LogP contribution >= 0.6 is 0 Å². The third kappa shape index (κ3) is 2.41. The summed E-state index contributed by atoms with van der Waals surface area (Å²) in [5, 5.41) is 0. The van der Waals surface area contributed by atoms with Gasteiger partial charge in [-0.15, -0.1) is 0 Å². The van der Waals surface area contributed by atoms with Crippen LogP contribution in [-0.4, -0.2) is 30.4 Å².